The van der Waals surface area contributed by atoms with E-state index < -0.39 is 11.3 Å². The van der Waals surface area contributed by atoms with Crippen LogP contribution in [-0.2, 0) is 16.6 Å². The summed E-state index contributed by atoms with van der Waals surface area (Å²) in [5.41, 5.74) is 2.74. The lowest BCUT2D eigenvalue weighted by Crippen LogP contribution is -2.36. The average molecular weight is 457 g/mol. The van der Waals surface area contributed by atoms with Crippen LogP contribution in [0.5, 0.6) is 0 Å². The van der Waals surface area contributed by atoms with Crippen molar-refractivity contribution in [3.05, 3.63) is 82.9 Å². The number of rotatable bonds is 8. The van der Waals surface area contributed by atoms with E-state index in [0.29, 0.717) is 10.8 Å². The molecule has 2 atom stereocenters. The van der Waals surface area contributed by atoms with Gasteiger partial charge in [0.05, 0.1) is 11.0 Å². The molecule has 2 aromatic carbocycles. The summed E-state index contributed by atoms with van der Waals surface area (Å²) in [7, 11) is 1.88. The van der Waals surface area contributed by atoms with Crippen LogP contribution in [0.25, 0.3) is 0 Å². The van der Waals surface area contributed by atoms with Gasteiger partial charge in [0.15, 0.2) is 0 Å². The SMILES string of the molecule is Cc1ccc(NC(=O)CS[C@H](C)C(=O)N[C@H](c2ccc(Cl)cc2)c2nccn2C)cc1. The number of amides is 2. The van der Waals surface area contributed by atoms with E-state index in [-0.39, 0.29) is 17.6 Å². The van der Waals surface area contributed by atoms with Gasteiger partial charge in [-0.15, -0.1) is 11.8 Å². The molecule has 2 amide bonds. The van der Waals surface area contributed by atoms with E-state index in [2.05, 4.69) is 15.6 Å². The predicted octanol–water partition coefficient (Wildman–Crippen LogP) is 4.35. The quantitative estimate of drug-likeness (QED) is 0.528. The molecule has 8 heteroatoms. The Morgan fingerprint density at radius 3 is 2.42 bits per heavy atom. The Labute approximate surface area is 191 Å². The molecule has 1 aromatic heterocycles. The van der Waals surface area contributed by atoms with Gasteiger partial charge in [0.25, 0.3) is 0 Å². The molecule has 3 aromatic rings. The van der Waals surface area contributed by atoms with Crippen LogP contribution in [0, 0.1) is 6.92 Å². The lowest BCUT2D eigenvalue weighted by molar-refractivity contribution is -0.120. The molecule has 0 spiro atoms. The zero-order chi connectivity index (χ0) is 22.4. The number of halogens is 1. The van der Waals surface area contributed by atoms with Crippen molar-refractivity contribution in [2.75, 3.05) is 11.1 Å². The molecule has 0 unspecified atom stereocenters. The molecule has 1 heterocycles. The van der Waals surface area contributed by atoms with E-state index in [0.717, 1.165) is 16.8 Å². The van der Waals surface area contributed by atoms with Gasteiger partial charge in [-0.05, 0) is 43.7 Å². The standard InChI is InChI=1S/C23H25ClN4O2S/c1-15-4-10-19(11-5-15)26-20(29)14-31-16(2)23(30)27-21(22-25-12-13-28(22)3)17-6-8-18(24)9-7-17/h4-13,16,21H,14H2,1-3H3,(H,26,29)(H,27,30)/t16-,21-/m1/s1. The number of anilines is 1. The number of nitrogens with zero attached hydrogens (tertiary/aromatic N) is 2. The molecule has 0 bridgehead atoms. The van der Waals surface area contributed by atoms with Gasteiger partial charge in [0.1, 0.15) is 11.9 Å². The first-order chi connectivity index (χ1) is 14.8. The van der Waals surface area contributed by atoms with Crippen molar-refractivity contribution in [1.29, 1.82) is 0 Å². The van der Waals surface area contributed by atoms with Crippen molar-refractivity contribution in [2.24, 2.45) is 7.05 Å². The van der Waals surface area contributed by atoms with Gasteiger partial charge >= 0.3 is 0 Å². The fraction of sp³-hybridized carbons (Fsp3) is 0.261. The highest BCUT2D eigenvalue weighted by Crippen LogP contribution is 2.23. The molecule has 6 nitrogen and oxygen atoms in total. The molecule has 0 saturated heterocycles. The fourth-order valence-corrected chi connectivity index (χ4v) is 3.80. The topological polar surface area (TPSA) is 76.0 Å². The van der Waals surface area contributed by atoms with Gasteiger partial charge in [-0.1, -0.05) is 41.4 Å². The van der Waals surface area contributed by atoms with Crippen LogP contribution in [0.2, 0.25) is 5.02 Å². The highest BCUT2D eigenvalue weighted by atomic mass is 35.5. The van der Waals surface area contributed by atoms with Crippen molar-refractivity contribution in [3.8, 4) is 0 Å². The molecule has 31 heavy (non-hydrogen) atoms. The van der Waals surface area contributed by atoms with Gasteiger partial charge in [-0.25, -0.2) is 4.98 Å². The summed E-state index contributed by atoms with van der Waals surface area (Å²) in [6.07, 6.45) is 3.52. The van der Waals surface area contributed by atoms with E-state index in [1.807, 2.05) is 61.1 Å². The fourth-order valence-electron chi connectivity index (χ4n) is 2.98. The van der Waals surface area contributed by atoms with Gasteiger partial charge < -0.3 is 15.2 Å². The molecule has 0 fully saturated rings. The van der Waals surface area contributed by atoms with Crippen LogP contribution in [0.3, 0.4) is 0 Å². The van der Waals surface area contributed by atoms with Crippen LogP contribution in [0.1, 0.15) is 29.9 Å². The molecule has 0 aliphatic rings. The Balaban J connectivity index is 1.61. The number of hydrogen-bond acceptors (Lipinski definition) is 4. The summed E-state index contributed by atoms with van der Waals surface area (Å²) in [4.78, 5) is 29.5. The van der Waals surface area contributed by atoms with E-state index in [1.54, 1.807) is 25.3 Å². The van der Waals surface area contributed by atoms with Crippen LogP contribution in [0.4, 0.5) is 5.69 Å². The van der Waals surface area contributed by atoms with Crippen molar-refractivity contribution in [2.45, 2.75) is 25.1 Å². The summed E-state index contributed by atoms with van der Waals surface area (Å²) in [5.74, 6) is 0.573. The van der Waals surface area contributed by atoms with Crippen molar-refractivity contribution >= 4 is 40.9 Å². The number of aromatic nitrogens is 2. The largest absolute Gasteiger partial charge is 0.341 e. The maximum atomic E-state index is 12.9. The Morgan fingerprint density at radius 1 is 1.13 bits per heavy atom. The molecular weight excluding hydrogens is 432 g/mol. The number of imidazole rings is 1. The van der Waals surface area contributed by atoms with Crippen LogP contribution >= 0.6 is 23.4 Å². The van der Waals surface area contributed by atoms with Gasteiger partial charge in [-0.2, -0.15) is 0 Å². The predicted molar refractivity (Wildman–Crippen MR) is 126 cm³/mol. The monoisotopic (exact) mass is 456 g/mol. The smallest absolute Gasteiger partial charge is 0.234 e. The van der Waals surface area contributed by atoms with E-state index >= 15 is 0 Å². The van der Waals surface area contributed by atoms with Gasteiger partial charge in [0, 0.05) is 30.2 Å². The maximum Gasteiger partial charge on any atom is 0.234 e. The van der Waals surface area contributed by atoms with Crippen LogP contribution < -0.4 is 10.6 Å². The van der Waals surface area contributed by atoms with Gasteiger partial charge in [0.2, 0.25) is 11.8 Å². The number of carbonyl (C=O) groups is 2. The summed E-state index contributed by atoms with van der Waals surface area (Å²) in [6, 6.07) is 14.5. The first-order valence-electron chi connectivity index (χ1n) is 9.84. The molecular formula is C23H25ClN4O2S. The van der Waals surface area contributed by atoms with E-state index in [4.69, 9.17) is 11.6 Å². The Morgan fingerprint density at radius 2 is 1.81 bits per heavy atom. The second-order valence-electron chi connectivity index (χ2n) is 7.26. The second kappa shape index (κ2) is 10.5. The molecule has 0 saturated carbocycles. The molecule has 162 valence electrons. The maximum absolute atomic E-state index is 12.9. The lowest BCUT2D eigenvalue weighted by Gasteiger charge is -2.21. The average Bonchev–Trinajstić information content (AvgIpc) is 3.18. The Kier molecular flexibility index (Phi) is 7.76. The van der Waals surface area contributed by atoms with E-state index in [1.165, 1.54) is 11.8 Å². The first-order valence-corrected chi connectivity index (χ1v) is 11.3. The number of nitrogens with one attached hydrogen (secondary N) is 2. The van der Waals surface area contributed by atoms with Crippen molar-refractivity contribution in [3.63, 3.8) is 0 Å². The minimum Gasteiger partial charge on any atom is -0.341 e. The molecule has 3 rings (SSSR count). The zero-order valence-electron chi connectivity index (χ0n) is 17.6. The molecule has 0 aliphatic carbocycles. The zero-order valence-corrected chi connectivity index (χ0v) is 19.2. The van der Waals surface area contributed by atoms with Crippen molar-refractivity contribution < 1.29 is 9.59 Å². The first kappa shape index (κ1) is 22.9. The minimum absolute atomic E-state index is 0.146. The third kappa shape index (κ3) is 6.35. The number of thioether (sulfide) groups is 1. The normalized spacial score (nSPS) is 12.8. The number of aryl methyl sites for hydroxylation is 2. The molecule has 2 N–H and O–H groups in total. The third-order valence-electron chi connectivity index (χ3n) is 4.78. The summed E-state index contributed by atoms with van der Waals surface area (Å²) in [5, 5.41) is 6.11. The molecule has 0 radical (unpaired) electrons. The number of benzene rings is 2. The van der Waals surface area contributed by atoms with E-state index in [9.17, 15) is 9.59 Å². The van der Waals surface area contributed by atoms with Crippen LogP contribution in [0.15, 0.2) is 60.9 Å². The van der Waals surface area contributed by atoms with Gasteiger partial charge in [-0.3, -0.25) is 9.59 Å². The second-order valence-corrected chi connectivity index (χ2v) is 9.02. The third-order valence-corrected chi connectivity index (χ3v) is 6.17. The minimum atomic E-state index is -0.422. The Bertz CT molecular complexity index is 1030. The molecule has 0 aliphatic heterocycles. The lowest BCUT2D eigenvalue weighted by atomic mass is 10.1. The van der Waals surface area contributed by atoms with Crippen LogP contribution in [-0.4, -0.2) is 32.4 Å². The summed E-state index contributed by atoms with van der Waals surface area (Å²) >= 11 is 7.30. The summed E-state index contributed by atoms with van der Waals surface area (Å²) < 4.78 is 1.87. The number of carbonyl (C=O) groups excluding carboxylic acids is 2. The highest BCUT2D eigenvalue weighted by Gasteiger charge is 2.24. The van der Waals surface area contributed by atoms with Crippen molar-refractivity contribution in [1.82, 2.24) is 14.9 Å². The number of hydrogen-bond donors (Lipinski definition) is 2. The highest BCUT2D eigenvalue weighted by molar-refractivity contribution is 8.01. The summed E-state index contributed by atoms with van der Waals surface area (Å²) in [6.45, 7) is 3.78. The Hall–Kier alpha value is -2.77.